The molecule has 0 aliphatic carbocycles. The van der Waals surface area contributed by atoms with E-state index in [0.717, 1.165) is 13.1 Å². The molecule has 1 atom stereocenters. The van der Waals surface area contributed by atoms with Crippen molar-refractivity contribution in [2.45, 2.75) is 20.4 Å². The molecule has 0 spiro atoms. The van der Waals surface area contributed by atoms with Crippen molar-refractivity contribution in [3.63, 3.8) is 0 Å². The van der Waals surface area contributed by atoms with Crippen molar-refractivity contribution in [2.75, 3.05) is 13.1 Å². The molecule has 0 aliphatic heterocycles. The van der Waals surface area contributed by atoms with Gasteiger partial charge in [-0.25, -0.2) is 4.98 Å². The number of aromatic nitrogens is 4. The molecule has 98 valence electrons. The normalized spacial score (nSPS) is 13.1. The van der Waals surface area contributed by atoms with E-state index in [4.69, 9.17) is 0 Å². The fourth-order valence-corrected chi connectivity index (χ4v) is 1.99. The maximum Gasteiger partial charge on any atom is 0.264 e. The van der Waals surface area contributed by atoms with Crippen LogP contribution in [0.5, 0.6) is 0 Å². The highest BCUT2D eigenvalue weighted by Gasteiger charge is 2.10. The maximum absolute atomic E-state index is 12.2. The van der Waals surface area contributed by atoms with Crippen molar-refractivity contribution in [3.05, 3.63) is 22.9 Å². The van der Waals surface area contributed by atoms with E-state index in [1.165, 1.54) is 0 Å². The quantitative estimate of drug-likeness (QED) is 0.832. The number of hydrogen-bond acceptors (Lipinski definition) is 4. The van der Waals surface area contributed by atoms with E-state index < -0.39 is 0 Å². The van der Waals surface area contributed by atoms with Crippen LogP contribution in [0.3, 0.4) is 0 Å². The molecule has 2 rings (SSSR count). The van der Waals surface area contributed by atoms with E-state index in [2.05, 4.69) is 29.2 Å². The van der Waals surface area contributed by atoms with E-state index in [0.29, 0.717) is 23.5 Å². The molecule has 1 N–H and O–H groups in total. The highest BCUT2D eigenvalue weighted by molar-refractivity contribution is 5.72. The van der Waals surface area contributed by atoms with E-state index >= 15 is 0 Å². The Balaban J connectivity index is 2.24. The zero-order chi connectivity index (χ0) is 13.1. The van der Waals surface area contributed by atoms with Crippen LogP contribution in [0.2, 0.25) is 0 Å². The molecule has 2 heterocycles. The van der Waals surface area contributed by atoms with E-state index in [1.54, 1.807) is 28.8 Å². The van der Waals surface area contributed by atoms with Crippen molar-refractivity contribution < 1.29 is 0 Å². The summed E-state index contributed by atoms with van der Waals surface area (Å²) in [5.41, 5.74) is 0.618. The van der Waals surface area contributed by atoms with Crippen molar-refractivity contribution >= 4 is 11.0 Å². The Labute approximate surface area is 106 Å². The minimum atomic E-state index is -0.0172. The zero-order valence-corrected chi connectivity index (χ0v) is 11.1. The van der Waals surface area contributed by atoms with Gasteiger partial charge in [-0.2, -0.15) is 5.10 Å². The lowest BCUT2D eigenvalue weighted by molar-refractivity contribution is 0.442. The van der Waals surface area contributed by atoms with Gasteiger partial charge in [-0.05, 0) is 19.0 Å². The Bertz CT molecular complexity index is 586. The number of fused-ring (bicyclic) bond motifs is 1. The van der Waals surface area contributed by atoms with Crippen LogP contribution in [0.1, 0.15) is 13.8 Å². The molecule has 0 amide bonds. The lowest BCUT2D eigenvalue weighted by Gasteiger charge is -2.13. The summed E-state index contributed by atoms with van der Waals surface area (Å²) < 4.78 is 3.27. The number of nitrogens with zero attached hydrogens (tertiary/aromatic N) is 4. The van der Waals surface area contributed by atoms with Crippen molar-refractivity contribution in [1.29, 1.82) is 0 Å². The Kier molecular flexibility index (Phi) is 3.76. The smallest absolute Gasteiger partial charge is 0.264 e. The predicted molar refractivity (Wildman–Crippen MR) is 70.5 cm³/mol. The number of rotatable bonds is 5. The summed E-state index contributed by atoms with van der Waals surface area (Å²) in [7, 11) is 1.78. The molecular weight excluding hydrogens is 230 g/mol. The van der Waals surface area contributed by atoms with Gasteiger partial charge in [0, 0.05) is 13.6 Å². The third-order valence-electron chi connectivity index (χ3n) is 2.97. The van der Waals surface area contributed by atoms with Gasteiger partial charge < -0.3 is 5.32 Å². The molecule has 1 unspecified atom stereocenters. The summed E-state index contributed by atoms with van der Waals surface area (Å²) in [6.07, 6.45) is 3.19. The van der Waals surface area contributed by atoms with Gasteiger partial charge in [0.25, 0.3) is 5.56 Å². The number of nitrogens with one attached hydrogen (secondary N) is 1. The second-order valence-electron chi connectivity index (χ2n) is 4.62. The molecule has 6 heteroatoms. The van der Waals surface area contributed by atoms with Gasteiger partial charge >= 0.3 is 0 Å². The van der Waals surface area contributed by atoms with Gasteiger partial charge in [-0.3, -0.25) is 14.0 Å². The fourth-order valence-electron chi connectivity index (χ4n) is 1.99. The summed E-state index contributed by atoms with van der Waals surface area (Å²) in [6, 6.07) is 0. The van der Waals surface area contributed by atoms with Crippen LogP contribution in [-0.2, 0) is 13.6 Å². The molecule has 0 bridgehead atoms. The Hall–Kier alpha value is -1.69. The third kappa shape index (κ3) is 2.43. The average Bonchev–Trinajstić information content (AvgIpc) is 2.73. The highest BCUT2D eigenvalue weighted by atomic mass is 16.1. The Morgan fingerprint density at radius 2 is 2.28 bits per heavy atom. The fraction of sp³-hybridized carbons (Fsp3) is 0.583. The molecule has 0 aliphatic rings. The maximum atomic E-state index is 12.2. The molecule has 0 radical (unpaired) electrons. The van der Waals surface area contributed by atoms with Crippen molar-refractivity contribution in [2.24, 2.45) is 13.0 Å². The van der Waals surface area contributed by atoms with Gasteiger partial charge in [0.2, 0.25) is 0 Å². The molecule has 0 saturated heterocycles. The standard InChI is InChI=1S/C12H19N5O/c1-4-13-5-9(2)7-17-8-14-11-10(12(17)18)6-15-16(11)3/h6,8-9,13H,4-5,7H2,1-3H3. The van der Waals surface area contributed by atoms with Crippen LogP contribution in [0.25, 0.3) is 11.0 Å². The van der Waals surface area contributed by atoms with Gasteiger partial charge in [-0.1, -0.05) is 13.8 Å². The molecule has 0 fully saturated rings. The first kappa shape index (κ1) is 12.8. The second kappa shape index (κ2) is 5.30. The molecular formula is C12H19N5O. The van der Waals surface area contributed by atoms with Crippen LogP contribution in [0, 0.1) is 5.92 Å². The van der Waals surface area contributed by atoms with Crippen molar-refractivity contribution in [1.82, 2.24) is 24.6 Å². The lowest BCUT2D eigenvalue weighted by Crippen LogP contribution is -2.29. The van der Waals surface area contributed by atoms with Crippen LogP contribution in [0.15, 0.2) is 17.3 Å². The Morgan fingerprint density at radius 3 is 3.00 bits per heavy atom. The molecule has 18 heavy (non-hydrogen) atoms. The van der Waals surface area contributed by atoms with Gasteiger partial charge in [0.05, 0.1) is 12.5 Å². The highest BCUT2D eigenvalue weighted by Crippen LogP contribution is 2.04. The second-order valence-corrected chi connectivity index (χ2v) is 4.62. The first-order valence-corrected chi connectivity index (χ1v) is 6.21. The molecule has 6 nitrogen and oxygen atoms in total. The minimum absolute atomic E-state index is 0.0172. The summed E-state index contributed by atoms with van der Waals surface area (Å²) in [5.74, 6) is 0.388. The van der Waals surface area contributed by atoms with Gasteiger partial charge in [-0.15, -0.1) is 0 Å². The van der Waals surface area contributed by atoms with Gasteiger partial charge in [0.15, 0.2) is 5.65 Å². The molecule has 0 saturated carbocycles. The third-order valence-corrected chi connectivity index (χ3v) is 2.97. The van der Waals surface area contributed by atoms with Crippen LogP contribution in [0.4, 0.5) is 0 Å². The van der Waals surface area contributed by atoms with E-state index in [1.807, 2.05) is 0 Å². The lowest BCUT2D eigenvalue weighted by atomic mass is 10.2. The predicted octanol–water partition coefficient (Wildman–Crippen LogP) is 0.376. The molecule has 2 aromatic heterocycles. The monoisotopic (exact) mass is 249 g/mol. The van der Waals surface area contributed by atoms with E-state index in [-0.39, 0.29) is 5.56 Å². The summed E-state index contributed by atoms with van der Waals surface area (Å²) in [6.45, 7) is 6.70. The zero-order valence-electron chi connectivity index (χ0n) is 11.1. The molecule has 2 aromatic rings. The minimum Gasteiger partial charge on any atom is -0.317 e. The first-order chi connectivity index (χ1) is 8.63. The first-order valence-electron chi connectivity index (χ1n) is 6.21. The summed E-state index contributed by atoms with van der Waals surface area (Å²) >= 11 is 0. The van der Waals surface area contributed by atoms with Crippen molar-refractivity contribution in [3.8, 4) is 0 Å². The topological polar surface area (TPSA) is 64.7 Å². The van der Waals surface area contributed by atoms with Crippen LogP contribution < -0.4 is 10.9 Å². The van der Waals surface area contributed by atoms with Crippen LogP contribution in [-0.4, -0.2) is 32.4 Å². The number of hydrogen-bond donors (Lipinski definition) is 1. The van der Waals surface area contributed by atoms with Gasteiger partial charge in [0.1, 0.15) is 5.39 Å². The van der Waals surface area contributed by atoms with E-state index in [9.17, 15) is 4.79 Å². The largest absolute Gasteiger partial charge is 0.317 e. The summed E-state index contributed by atoms with van der Waals surface area (Å²) in [5, 5.41) is 7.91. The molecule has 0 aromatic carbocycles. The Morgan fingerprint density at radius 1 is 1.50 bits per heavy atom. The SMILES string of the molecule is CCNCC(C)Cn1cnc2c(cnn2C)c1=O. The summed E-state index contributed by atoms with van der Waals surface area (Å²) in [4.78, 5) is 16.5. The average molecular weight is 249 g/mol. The number of aryl methyl sites for hydroxylation is 1. The van der Waals surface area contributed by atoms with Crippen LogP contribution >= 0.6 is 0 Å².